The van der Waals surface area contributed by atoms with Gasteiger partial charge in [-0.15, -0.1) is 0 Å². The SMILES string of the molecule is Cc1cc([C@H](N)CO)oc1C. The minimum atomic E-state index is -0.387. The fraction of sp³-hybridized carbons (Fsp3) is 0.500. The summed E-state index contributed by atoms with van der Waals surface area (Å²) in [4.78, 5) is 0. The Hall–Kier alpha value is -0.800. The van der Waals surface area contributed by atoms with Crippen LogP contribution in [0.3, 0.4) is 0 Å². The van der Waals surface area contributed by atoms with E-state index in [1.165, 1.54) is 0 Å². The Balaban J connectivity index is 2.88. The molecule has 62 valence electrons. The highest BCUT2D eigenvalue weighted by molar-refractivity contribution is 5.20. The first kappa shape index (κ1) is 8.30. The summed E-state index contributed by atoms with van der Waals surface area (Å²) in [5.74, 6) is 1.52. The molecule has 1 aromatic heterocycles. The molecule has 3 N–H and O–H groups in total. The highest BCUT2D eigenvalue weighted by atomic mass is 16.3. The van der Waals surface area contributed by atoms with Crippen molar-refractivity contribution in [3.05, 3.63) is 23.2 Å². The van der Waals surface area contributed by atoms with Gasteiger partial charge in [-0.2, -0.15) is 0 Å². The zero-order chi connectivity index (χ0) is 8.43. The van der Waals surface area contributed by atoms with Crippen LogP contribution in [0.15, 0.2) is 10.5 Å². The number of aliphatic hydroxyl groups excluding tert-OH is 1. The molecule has 1 heterocycles. The summed E-state index contributed by atoms with van der Waals surface area (Å²) < 4.78 is 5.28. The van der Waals surface area contributed by atoms with Gasteiger partial charge in [0.25, 0.3) is 0 Å². The van der Waals surface area contributed by atoms with Gasteiger partial charge in [0.2, 0.25) is 0 Å². The Bertz CT molecular complexity index is 223. The van der Waals surface area contributed by atoms with Gasteiger partial charge < -0.3 is 15.3 Å². The van der Waals surface area contributed by atoms with Crippen molar-refractivity contribution in [3.8, 4) is 0 Å². The van der Waals surface area contributed by atoms with Crippen molar-refractivity contribution >= 4 is 0 Å². The molecule has 1 atom stereocenters. The third kappa shape index (κ3) is 1.61. The molecule has 1 aromatic rings. The van der Waals surface area contributed by atoms with E-state index >= 15 is 0 Å². The molecule has 0 aliphatic carbocycles. The number of aliphatic hydroxyl groups is 1. The van der Waals surface area contributed by atoms with E-state index in [1.807, 2.05) is 19.9 Å². The molecule has 0 aromatic carbocycles. The summed E-state index contributed by atoms with van der Waals surface area (Å²) >= 11 is 0. The molecule has 0 aliphatic rings. The van der Waals surface area contributed by atoms with Gasteiger partial charge in [-0.05, 0) is 25.5 Å². The van der Waals surface area contributed by atoms with Gasteiger partial charge in [0.15, 0.2) is 0 Å². The highest BCUT2D eigenvalue weighted by Crippen LogP contribution is 2.17. The second-order valence-electron chi connectivity index (χ2n) is 2.68. The molecule has 0 aliphatic heterocycles. The van der Waals surface area contributed by atoms with Crippen LogP contribution in [0.25, 0.3) is 0 Å². The summed E-state index contributed by atoms with van der Waals surface area (Å²) in [6, 6.07) is 1.47. The standard InChI is InChI=1S/C8H13NO2/c1-5-3-8(7(9)4-10)11-6(5)2/h3,7,10H,4,9H2,1-2H3/t7-/m1/s1. The second-order valence-corrected chi connectivity index (χ2v) is 2.68. The molecule has 11 heavy (non-hydrogen) atoms. The van der Waals surface area contributed by atoms with Gasteiger partial charge in [-0.1, -0.05) is 0 Å². The number of rotatable bonds is 2. The quantitative estimate of drug-likeness (QED) is 0.666. The monoisotopic (exact) mass is 155 g/mol. The van der Waals surface area contributed by atoms with E-state index in [9.17, 15) is 0 Å². The van der Waals surface area contributed by atoms with Crippen molar-refractivity contribution in [2.75, 3.05) is 6.61 Å². The number of aryl methyl sites for hydroxylation is 2. The van der Waals surface area contributed by atoms with Crippen LogP contribution in [0.4, 0.5) is 0 Å². The molecule has 0 saturated carbocycles. The zero-order valence-electron chi connectivity index (χ0n) is 6.79. The van der Waals surface area contributed by atoms with E-state index in [0.717, 1.165) is 11.3 Å². The molecule has 0 bridgehead atoms. The molecule has 0 amide bonds. The van der Waals surface area contributed by atoms with Crippen LogP contribution in [-0.4, -0.2) is 11.7 Å². The summed E-state index contributed by atoms with van der Waals surface area (Å²) in [5.41, 5.74) is 6.61. The van der Waals surface area contributed by atoms with Crippen LogP contribution >= 0.6 is 0 Å². The average Bonchev–Trinajstić information content (AvgIpc) is 2.31. The summed E-state index contributed by atoms with van der Waals surface area (Å²) in [6.45, 7) is 3.75. The second kappa shape index (κ2) is 3.07. The van der Waals surface area contributed by atoms with Gasteiger partial charge in [0.05, 0.1) is 12.6 Å². The minimum Gasteiger partial charge on any atom is -0.464 e. The maximum Gasteiger partial charge on any atom is 0.123 e. The van der Waals surface area contributed by atoms with Crippen LogP contribution < -0.4 is 5.73 Å². The van der Waals surface area contributed by atoms with Gasteiger partial charge in [0, 0.05) is 0 Å². The van der Waals surface area contributed by atoms with Crippen LogP contribution in [0.2, 0.25) is 0 Å². The smallest absolute Gasteiger partial charge is 0.123 e. The summed E-state index contributed by atoms with van der Waals surface area (Å²) in [7, 11) is 0. The van der Waals surface area contributed by atoms with Crippen molar-refractivity contribution in [1.29, 1.82) is 0 Å². The molecule has 1 rings (SSSR count). The van der Waals surface area contributed by atoms with Gasteiger partial charge in [-0.25, -0.2) is 0 Å². The third-order valence-electron chi connectivity index (χ3n) is 1.75. The number of hydrogen-bond donors (Lipinski definition) is 2. The summed E-state index contributed by atoms with van der Waals surface area (Å²) in [5, 5.41) is 8.70. The van der Waals surface area contributed by atoms with Gasteiger partial charge >= 0.3 is 0 Å². The van der Waals surface area contributed by atoms with Crippen molar-refractivity contribution in [1.82, 2.24) is 0 Å². The molecular weight excluding hydrogens is 142 g/mol. The van der Waals surface area contributed by atoms with Crippen LogP contribution in [-0.2, 0) is 0 Å². The van der Waals surface area contributed by atoms with E-state index in [-0.39, 0.29) is 12.6 Å². The Morgan fingerprint density at radius 3 is 2.64 bits per heavy atom. The van der Waals surface area contributed by atoms with Gasteiger partial charge in [0.1, 0.15) is 11.5 Å². The fourth-order valence-electron chi connectivity index (χ4n) is 0.874. The molecule has 0 fully saturated rings. The average molecular weight is 155 g/mol. The molecule has 0 spiro atoms. The first-order valence-electron chi connectivity index (χ1n) is 3.58. The lowest BCUT2D eigenvalue weighted by Gasteiger charge is -2.01. The van der Waals surface area contributed by atoms with Crippen molar-refractivity contribution in [2.24, 2.45) is 5.73 Å². The largest absolute Gasteiger partial charge is 0.464 e. The van der Waals surface area contributed by atoms with E-state index in [0.29, 0.717) is 5.76 Å². The minimum absolute atomic E-state index is 0.0770. The molecule has 3 heteroatoms. The molecular formula is C8H13NO2. The van der Waals surface area contributed by atoms with Crippen LogP contribution in [0, 0.1) is 13.8 Å². The predicted octanol–water partition coefficient (Wildman–Crippen LogP) is 0.889. The van der Waals surface area contributed by atoms with E-state index in [2.05, 4.69) is 0 Å². The maximum atomic E-state index is 8.70. The van der Waals surface area contributed by atoms with Crippen molar-refractivity contribution < 1.29 is 9.52 Å². The maximum absolute atomic E-state index is 8.70. The van der Waals surface area contributed by atoms with Crippen LogP contribution in [0.1, 0.15) is 23.1 Å². The van der Waals surface area contributed by atoms with Gasteiger partial charge in [-0.3, -0.25) is 0 Å². The Morgan fingerprint density at radius 1 is 1.64 bits per heavy atom. The zero-order valence-corrected chi connectivity index (χ0v) is 6.79. The van der Waals surface area contributed by atoms with E-state index < -0.39 is 0 Å². The first-order chi connectivity index (χ1) is 5.15. The molecule has 0 unspecified atom stereocenters. The summed E-state index contributed by atoms with van der Waals surface area (Å²) in [6.07, 6.45) is 0. The normalized spacial score (nSPS) is 13.5. The van der Waals surface area contributed by atoms with Crippen LogP contribution in [0.5, 0.6) is 0 Å². The number of furan rings is 1. The third-order valence-corrected chi connectivity index (χ3v) is 1.75. The first-order valence-corrected chi connectivity index (χ1v) is 3.58. The lowest BCUT2D eigenvalue weighted by Crippen LogP contribution is -2.13. The Labute approximate surface area is 65.8 Å². The number of nitrogens with two attached hydrogens (primary N) is 1. The van der Waals surface area contributed by atoms with E-state index in [1.54, 1.807) is 0 Å². The Kier molecular flexibility index (Phi) is 2.31. The van der Waals surface area contributed by atoms with Crippen molar-refractivity contribution in [3.63, 3.8) is 0 Å². The topological polar surface area (TPSA) is 59.4 Å². The predicted molar refractivity (Wildman–Crippen MR) is 42.2 cm³/mol. The highest BCUT2D eigenvalue weighted by Gasteiger charge is 2.10. The fourth-order valence-corrected chi connectivity index (χ4v) is 0.874. The Morgan fingerprint density at radius 2 is 2.27 bits per heavy atom. The lowest BCUT2D eigenvalue weighted by atomic mass is 10.2. The van der Waals surface area contributed by atoms with E-state index in [4.69, 9.17) is 15.3 Å². The molecule has 0 radical (unpaired) electrons. The molecule has 0 saturated heterocycles. The van der Waals surface area contributed by atoms with Crippen molar-refractivity contribution in [2.45, 2.75) is 19.9 Å². The molecule has 3 nitrogen and oxygen atoms in total. The lowest BCUT2D eigenvalue weighted by molar-refractivity contribution is 0.250. The number of hydrogen-bond acceptors (Lipinski definition) is 3.